The number of hydrogen-bond donors (Lipinski definition) is 1. The number of rotatable bonds is 7. The maximum absolute atomic E-state index is 13.6. The molecule has 2 unspecified atom stereocenters. The first-order valence-electron chi connectivity index (χ1n) is 11.5. The molecule has 0 radical (unpaired) electrons. The van der Waals surface area contributed by atoms with Crippen LogP contribution >= 0.6 is 0 Å². The van der Waals surface area contributed by atoms with Crippen molar-refractivity contribution >= 4 is 11.9 Å². The summed E-state index contributed by atoms with van der Waals surface area (Å²) in [6.07, 6.45) is 1.58. The van der Waals surface area contributed by atoms with E-state index in [0.29, 0.717) is 29.7 Å². The van der Waals surface area contributed by atoms with Crippen molar-refractivity contribution in [3.05, 3.63) is 65.7 Å². The fraction of sp³-hybridized carbons (Fsp3) is 0.462. The van der Waals surface area contributed by atoms with Gasteiger partial charge < -0.3 is 28.5 Å². The van der Waals surface area contributed by atoms with Crippen LogP contribution in [0.1, 0.15) is 24.0 Å². The molecule has 0 saturated carbocycles. The number of esters is 2. The molecule has 180 valence electrons. The molecule has 3 heterocycles. The Hall–Kier alpha value is -2.94. The number of ether oxygens (including phenoxy) is 4. The van der Waals surface area contributed by atoms with E-state index < -0.39 is 17.5 Å². The summed E-state index contributed by atoms with van der Waals surface area (Å²) in [4.78, 5) is 25.1. The maximum atomic E-state index is 13.6. The summed E-state index contributed by atoms with van der Waals surface area (Å²) in [6, 6.07) is 15.8. The Morgan fingerprint density at radius 2 is 1.68 bits per heavy atom. The number of nitrogens with zero attached hydrogens (tertiary/aromatic N) is 1. The lowest BCUT2D eigenvalue weighted by Crippen LogP contribution is -2.60. The minimum atomic E-state index is -2.04. The van der Waals surface area contributed by atoms with Crippen molar-refractivity contribution in [1.29, 1.82) is 0 Å². The van der Waals surface area contributed by atoms with Crippen LogP contribution in [-0.4, -0.2) is 79.7 Å². The summed E-state index contributed by atoms with van der Waals surface area (Å²) in [5.74, 6) is -0.925. The van der Waals surface area contributed by atoms with Crippen molar-refractivity contribution in [2.45, 2.75) is 48.8 Å². The predicted molar refractivity (Wildman–Crippen MR) is 121 cm³/mol. The number of hydrogen-bond acceptors (Lipinski definition) is 7. The van der Waals surface area contributed by atoms with Gasteiger partial charge in [0.25, 0.3) is 0 Å². The van der Waals surface area contributed by atoms with Crippen molar-refractivity contribution in [3.63, 3.8) is 0 Å². The number of morpholine rings is 1. The zero-order chi connectivity index (χ0) is 24.1. The Kier molecular flexibility index (Phi) is 5.62. The maximum Gasteiger partial charge on any atom is 0.347 e. The third-order valence-electron chi connectivity index (χ3n) is 7.64. The van der Waals surface area contributed by atoms with Crippen molar-refractivity contribution in [3.8, 4) is 5.75 Å². The number of carbonyl (C=O) groups is 2. The number of fused-ring (bicyclic) bond motifs is 5. The molecule has 5 rings (SSSR count). The SMILES string of the molecule is COC(=O)COc1cccc(C(O)(C(=O)OC2C[C@@H]3[C@H]4O[C@H]4[C@H](C2)[N+]3(C)C)c2ccccc2)c1. The molecule has 2 aromatic carbocycles. The lowest BCUT2D eigenvalue weighted by atomic mass is 9.86. The zero-order valence-corrected chi connectivity index (χ0v) is 19.5. The van der Waals surface area contributed by atoms with Crippen molar-refractivity contribution in [2.75, 3.05) is 27.8 Å². The third-order valence-corrected chi connectivity index (χ3v) is 7.64. The van der Waals surface area contributed by atoms with Crippen LogP contribution in [0.3, 0.4) is 0 Å². The molecule has 1 N–H and O–H groups in total. The van der Waals surface area contributed by atoms with Crippen LogP contribution in [0.25, 0.3) is 0 Å². The molecule has 0 aromatic heterocycles. The van der Waals surface area contributed by atoms with Crippen LogP contribution in [0.15, 0.2) is 54.6 Å². The molecule has 0 aliphatic carbocycles. The van der Waals surface area contributed by atoms with E-state index >= 15 is 0 Å². The fourth-order valence-corrected chi connectivity index (χ4v) is 5.63. The first-order valence-corrected chi connectivity index (χ1v) is 11.5. The molecule has 8 heteroatoms. The lowest BCUT2D eigenvalue weighted by Gasteiger charge is -2.45. The van der Waals surface area contributed by atoms with E-state index in [1.807, 2.05) is 6.07 Å². The van der Waals surface area contributed by atoms with Gasteiger partial charge in [-0.25, -0.2) is 9.59 Å². The smallest absolute Gasteiger partial charge is 0.347 e. The summed E-state index contributed by atoms with van der Waals surface area (Å²) in [5.41, 5.74) is -1.34. The Labute approximate surface area is 198 Å². The number of aliphatic hydroxyl groups is 1. The summed E-state index contributed by atoms with van der Waals surface area (Å²) < 4.78 is 22.8. The average molecular weight is 469 g/mol. The molecule has 2 bridgehead atoms. The molecular weight excluding hydrogens is 438 g/mol. The van der Waals surface area contributed by atoms with E-state index in [0.717, 1.165) is 4.48 Å². The van der Waals surface area contributed by atoms with Crippen molar-refractivity contribution < 1.29 is 38.1 Å². The highest BCUT2D eigenvalue weighted by molar-refractivity contribution is 5.85. The number of carbonyl (C=O) groups excluding carboxylic acids is 2. The van der Waals surface area contributed by atoms with Gasteiger partial charge in [0.05, 0.1) is 21.2 Å². The molecule has 3 aliphatic rings. The zero-order valence-electron chi connectivity index (χ0n) is 19.5. The Balaban J connectivity index is 1.41. The van der Waals surface area contributed by atoms with Gasteiger partial charge in [0, 0.05) is 18.4 Å². The van der Waals surface area contributed by atoms with Gasteiger partial charge in [-0.3, -0.25) is 0 Å². The van der Waals surface area contributed by atoms with E-state index in [-0.39, 0.29) is 37.0 Å². The molecule has 0 amide bonds. The standard InChI is InChI=1S/C26H30NO7/c1-27(2)20-13-19(14-21(27)24-23(20)34-24)33-25(29)26(30,16-8-5-4-6-9-16)17-10-7-11-18(12-17)32-15-22(28)31-3/h4-12,19-21,23-24,30H,13-15H2,1-3H3/q+1/t19?,20-,21+,23-,24+,26?. The van der Waals surface area contributed by atoms with E-state index in [4.69, 9.17) is 14.2 Å². The van der Waals surface area contributed by atoms with Crippen molar-refractivity contribution in [1.82, 2.24) is 0 Å². The van der Waals surface area contributed by atoms with Gasteiger partial charge in [-0.15, -0.1) is 0 Å². The highest BCUT2D eigenvalue weighted by Gasteiger charge is 2.71. The van der Waals surface area contributed by atoms with Gasteiger partial charge in [0.2, 0.25) is 5.60 Å². The normalized spacial score (nSPS) is 29.9. The van der Waals surface area contributed by atoms with Gasteiger partial charge >= 0.3 is 11.9 Å². The Bertz CT molecular complexity index is 1070. The van der Waals surface area contributed by atoms with Gasteiger partial charge in [-0.1, -0.05) is 42.5 Å². The quantitative estimate of drug-likeness (QED) is 0.376. The Morgan fingerprint density at radius 1 is 1.03 bits per heavy atom. The van der Waals surface area contributed by atoms with Crippen LogP contribution in [0.4, 0.5) is 0 Å². The second-order valence-corrected chi connectivity index (χ2v) is 9.80. The van der Waals surface area contributed by atoms with Gasteiger partial charge in [-0.2, -0.15) is 0 Å². The summed E-state index contributed by atoms with van der Waals surface area (Å²) in [5, 5.41) is 11.9. The lowest BCUT2D eigenvalue weighted by molar-refractivity contribution is -0.938. The van der Waals surface area contributed by atoms with Gasteiger partial charge in [0.1, 0.15) is 36.1 Å². The summed E-state index contributed by atoms with van der Waals surface area (Å²) in [6.45, 7) is -0.280. The van der Waals surface area contributed by atoms with Crippen LogP contribution < -0.4 is 4.74 Å². The first-order chi connectivity index (χ1) is 16.2. The summed E-state index contributed by atoms with van der Waals surface area (Å²) in [7, 11) is 5.70. The van der Waals surface area contributed by atoms with Gasteiger partial charge in [-0.05, 0) is 17.7 Å². The molecule has 8 nitrogen and oxygen atoms in total. The van der Waals surface area contributed by atoms with Gasteiger partial charge in [0.15, 0.2) is 6.61 Å². The van der Waals surface area contributed by atoms with E-state index in [1.54, 1.807) is 48.5 Å². The van der Waals surface area contributed by atoms with Crippen LogP contribution in [0.2, 0.25) is 0 Å². The minimum Gasteiger partial charge on any atom is -0.482 e. The van der Waals surface area contributed by atoms with E-state index in [2.05, 4.69) is 18.8 Å². The molecule has 2 aromatic rings. The fourth-order valence-electron chi connectivity index (χ4n) is 5.63. The van der Waals surface area contributed by atoms with E-state index in [1.165, 1.54) is 7.11 Å². The predicted octanol–water partition coefficient (Wildman–Crippen LogP) is 1.77. The second kappa shape index (κ2) is 8.37. The minimum absolute atomic E-state index is 0.236. The number of likely N-dealkylation sites (N-methyl/N-ethyl adjacent to an activating group) is 1. The van der Waals surface area contributed by atoms with Crippen LogP contribution in [-0.2, 0) is 29.4 Å². The average Bonchev–Trinajstić information content (AvgIpc) is 3.61. The van der Waals surface area contributed by atoms with Crippen LogP contribution in [0.5, 0.6) is 5.75 Å². The molecule has 3 saturated heterocycles. The first kappa shape index (κ1) is 22.8. The number of epoxide rings is 1. The van der Waals surface area contributed by atoms with Crippen LogP contribution in [0, 0.1) is 0 Å². The molecule has 3 aliphatic heterocycles. The highest BCUT2D eigenvalue weighted by Crippen LogP contribution is 2.52. The largest absolute Gasteiger partial charge is 0.482 e. The topological polar surface area (TPSA) is 94.6 Å². The Morgan fingerprint density at radius 3 is 2.32 bits per heavy atom. The summed E-state index contributed by atoms with van der Waals surface area (Å²) >= 11 is 0. The van der Waals surface area contributed by atoms with Crippen molar-refractivity contribution in [2.24, 2.45) is 0 Å². The number of benzene rings is 2. The highest BCUT2D eigenvalue weighted by atomic mass is 16.6. The molecule has 6 atom stereocenters. The third kappa shape index (κ3) is 3.76. The van der Waals surface area contributed by atoms with E-state index in [9.17, 15) is 14.7 Å². The molecule has 0 spiro atoms. The monoisotopic (exact) mass is 468 g/mol. The second-order valence-electron chi connectivity index (χ2n) is 9.80. The molecular formula is C26H30NO7+. The molecule has 3 fully saturated rings. The number of methoxy groups -OCH3 is 1. The number of piperidine rings is 1. The number of quaternary nitrogens is 1. The molecule has 34 heavy (non-hydrogen) atoms.